The fraction of sp³-hybridized carbons (Fsp3) is 0.800. The fourth-order valence-electron chi connectivity index (χ4n) is 2.43. The summed E-state index contributed by atoms with van der Waals surface area (Å²) in [4.78, 5) is 21.5. The second-order valence-electron chi connectivity index (χ2n) is 3.97. The van der Waals surface area contributed by atoms with E-state index in [0.717, 1.165) is 19.1 Å². The zero-order valence-electron chi connectivity index (χ0n) is 8.14. The second-order valence-corrected chi connectivity index (χ2v) is 3.97. The van der Waals surface area contributed by atoms with E-state index < -0.39 is 0 Å². The van der Waals surface area contributed by atoms with Crippen LogP contribution < -0.4 is 0 Å². The van der Waals surface area contributed by atoms with E-state index in [1.807, 2.05) is 0 Å². The average Bonchev–Trinajstić information content (AvgIpc) is 2.72. The summed E-state index contributed by atoms with van der Waals surface area (Å²) in [7, 11) is 0. The molecule has 2 bridgehead atoms. The molecule has 2 rings (SSSR count). The van der Waals surface area contributed by atoms with Crippen molar-refractivity contribution < 1.29 is 19.1 Å². The molecule has 78 valence electrons. The van der Waals surface area contributed by atoms with Gasteiger partial charge in [-0.05, 0) is 12.8 Å². The Morgan fingerprint density at radius 1 is 1.50 bits per heavy atom. The van der Waals surface area contributed by atoms with E-state index in [4.69, 9.17) is 9.47 Å². The molecule has 2 aliphatic rings. The molecule has 0 aromatic carbocycles. The standard InChI is InChI=1S/C10H14O4/c1-6(12)13-5-8-7(4-11)9-2-3-10(8)14-9/h4,7-10H,2-3,5H2,1H3/t7?,8?,9-,10?/m0/s1. The van der Waals surface area contributed by atoms with Gasteiger partial charge in [0, 0.05) is 18.8 Å². The van der Waals surface area contributed by atoms with Gasteiger partial charge in [-0.15, -0.1) is 0 Å². The van der Waals surface area contributed by atoms with E-state index in [-0.39, 0.29) is 30.0 Å². The van der Waals surface area contributed by atoms with Crippen LogP contribution in [0.3, 0.4) is 0 Å². The maximum Gasteiger partial charge on any atom is 0.302 e. The van der Waals surface area contributed by atoms with Gasteiger partial charge in [0.15, 0.2) is 0 Å². The number of hydrogen-bond acceptors (Lipinski definition) is 4. The van der Waals surface area contributed by atoms with Gasteiger partial charge in [-0.3, -0.25) is 4.79 Å². The Balaban J connectivity index is 1.96. The molecular weight excluding hydrogens is 184 g/mol. The van der Waals surface area contributed by atoms with Gasteiger partial charge in [-0.2, -0.15) is 0 Å². The molecule has 0 amide bonds. The maximum atomic E-state index is 10.8. The molecule has 2 fully saturated rings. The van der Waals surface area contributed by atoms with E-state index >= 15 is 0 Å². The molecule has 0 saturated carbocycles. The lowest BCUT2D eigenvalue weighted by molar-refractivity contribution is -0.143. The molecule has 0 aromatic heterocycles. The molecule has 2 saturated heterocycles. The second kappa shape index (κ2) is 3.69. The number of carbonyl (C=O) groups is 2. The summed E-state index contributed by atoms with van der Waals surface area (Å²) in [6.07, 6.45) is 3.08. The van der Waals surface area contributed by atoms with Crippen LogP contribution in [-0.4, -0.2) is 31.1 Å². The van der Waals surface area contributed by atoms with Crippen molar-refractivity contribution in [1.29, 1.82) is 0 Å². The summed E-state index contributed by atoms with van der Waals surface area (Å²) in [6.45, 7) is 1.70. The molecule has 0 spiro atoms. The van der Waals surface area contributed by atoms with E-state index in [9.17, 15) is 9.59 Å². The van der Waals surface area contributed by atoms with Crippen LogP contribution in [0.25, 0.3) is 0 Å². The predicted molar refractivity (Wildman–Crippen MR) is 47.6 cm³/mol. The minimum atomic E-state index is -0.294. The number of esters is 1. The van der Waals surface area contributed by atoms with Crippen molar-refractivity contribution in [3.8, 4) is 0 Å². The molecule has 0 N–H and O–H groups in total. The molecule has 0 aromatic rings. The molecular formula is C10H14O4. The van der Waals surface area contributed by atoms with Crippen molar-refractivity contribution in [1.82, 2.24) is 0 Å². The van der Waals surface area contributed by atoms with E-state index in [0.29, 0.717) is 6.61 Å². The lowest BCUT2D eigenvalue weighted by Gasteiger charge is -2.22. The number of carbonyl (C=O) groups excluding carboxylic acids is 2. The first-order valence-electron chi connectivity index (χ1n) is 4.96. The Bertz CT molecular complexity index is 251. The Hall–Kier alpha value is -0.900. The highest BCUT2D eigenvalue weighted by Crippen LogP contribution is 2.42. The highest BCUT2D eigenvalue weighted by atomic mass is 16.5. The van der Waals surface area contributed by atoms with Gasteiger partial charge in [0.25, 0.3) is 0 Å². The first kappa shape index (κ1) is 9.65. The van der Waals surface area contributed by atoms with E-state index in [1.165, 1.54) is 6.92 Å². The third-order valence-electron chi connectivity index (χ3n) is 3.12. The van der Waals surface area contributed by atoms with Gasteiger partial charge >= 0.3 is 5.97 Å². The van der Waals surface area contributed by atoms with E-state index in [1.54, 1.807) is 0 Å². The first-order chi connectivity index (χ1) is 6.72. The lowest BCUT2D eigenvalue weighted by atomic mass is 9.81. The van der Waals surface area contributed by atoms with E-state index in [2.05, 4.69) is 0 Å². The van der Waals surface area contributed by atoms with Crippen molar-refractivity contribution in [2.24, 2.45) is 11.8 Å². The average molecular weight is 198 g/mol. The van der Waals surface area contributed by atoms with Crippen LogP contribution in [0.15, 0.2) is 0 Å². The summed E-state index contributed by atoms with van der Waals surface area (Å²) in [5.41, 5.74) is 0. The van der Waals surface area contributed by atoms with Gasteiger partial charge in [-0.1, -0.05) is 0 Å². The van der Waals surface area contributed by atoms with Gasteiger partial charge in [0.2, 0.25) is 0 Å². The largest absolute Gasteiger partial charge is 0.465 e. The Morgan fingerprint density at radius 3 is 2.86 bits per heavy atom. The molecule has 0 radical (unpaired) electrons. The fourth-order valence-corrected chi connectivity index (χ4v) is 2.43. The lowest BCUT2D eigenvalue weighted by Crippen LogP contribution is -2.32. The van der Waals surface area contributed by atoms with Crippen LogP contribution in [0.2, 0.25) is 0 Å². The van der Waals surface area contributed by atoms with Gasteiger partial charge < -0.3 is 14.3 Å². The normalized spacial score (nSPS) is 39.8. The van der Waals surface area contributed by atoms with Crippen LogP contribution >= 0.6 is 0 Å². The van der Waals surface area contributed by atoms with Crippen molar-refractivity contribution in [3.05, 3.63) is 0 Å². The van der Waals surface area contributed by atoms with Crippen LogP contribution in [0, 0.1) is 11.8 Å². The maximum absolute atomic E-state index is 10.8. The molecule has 14 heavy (non-hydrogen) atoms. The Kier molecular flexibility index (Phi) is 2.54. The zero-order chi connectivity index (χ0) is 10.1. The number of aldehydes is 1. The highest BCUT2D eigenvalue weighted by Gasteiger charge is 2.49. The van der Waals surface area contributed by atoms with Crippen molar-refractivity contribution in [2.45, 2.75) is 32.0 Å². The molecule has 2 heterocycles. The Morgan fingerprint density at radius 2 is 2.21 bits per heavy atom. The molecule has 2 aliphatic heterocycles. The van der Waals surface area contributed by atoms with Crippen LogP contribution in [-0.2, 0) is 19.1 Å². The third-order valence-corrected chi connectivity index (χ3v) is 3.12. The van der Waals surface area contributed by atoms with Crippen molar-refractivity contribution in [3.63, 3.8) is 0 Å². The van der Waals surface area contributed by atoms with Gasteiger partial charge in [0.1, 0.15) is 6.29 Å². The number of hydrogen-bond donors (Lipinski definition) is 0. The monoisotopic (exact) mass is 198 g/mol. The van der Waals surface area contributed by atoms with Crippen molar-refractivity contribution in [2.75, 3.05) is 6.61 Å². The highest BCUT2D eigenvalue weighted by molar-refractivity contribution is 5.66. The van der Waals surface area contributed by atoms with Crippen molar-refractivity contribution >= 4 is 12.3 Å². The molecule has 4 heteroatoms. The number of ether oxygens (including phenoxy) is 2. The number of rotatable bonds is 3. The molecule has 4 atom stereocenters. The SMILES string of the molecule is CC(=O)OCC1C2CC[C@H](O2)C1C=O. The van der Waals surface area contributed by atoms with Crippen LogP contribution in [0.5, 0.6) is 0 Å². The molecule has 4 nitrogen and oxygen atoms in total. The van der Waals surface area contributed by atoms with Gasteiger partial charge in [0.05, 0.1) is 18.8 Å². The Labute approximate surface area is 82.6 Å². The zero-order valence-corrected chi connectivity index (χ0v) is 8.14. The topological polar surface area (TPSA) is 52.6 Å². The quantitative estimate of drug-likeness (QED) is 0.490. The number of fused-ring (bicyclic) bond motifs is 2. The van der Waals surface area contributed by atoms with Crippen LogP contribution in [0.4, 0.5) is 0 Å². The summed E-state index contributed by atoms with van der Waals surface area (Å²) in [5.74, 6) is -0.291. The minimum Gasteiger partial charge on any atom is -0.465 e. The summed E-state index contributed by atoms with van der Waals surface area (Å²) >= 11 is 0. The molecule has 0 aliphatic carbocycles. The van der Waals surface area contributed by atoms with Gasteiger partial charge in [-0.25, -0.2) is 0 Å². The summed E-state index contributed by atoms with van der Waals surface area (Å²) in [5, 5.41) is 0. The summed E-state index contributed by atoms with van der Waals surface area (Å²) < 4.78 is 10.5. The minimum absolute atomic E-state index is 0.0676. The first-order valence-corrected chi connectivity index (χ1v) is 4.96. The van der Waals surface area contributed by atoms with Crippen LogP contribution in [0.1, 0.15) is 19.8 Å². The summed E-state index contributed by atoms with van der Waals surface area (Å²) in [6, 6.07) is 0. The molecule has 3 unspecified atom stereocenters. The smallest absolute Gasteiger partial charge is 0.302 e. The predicted octanol–water partition coefficient (Wildman–Crippen LogP) is 0.542. The third kappa shape index (κ3) is 1.54.